The summed E-state index contributed by atoms with van der Waals surface area (Å²) >= 11 is 0. The van der Waals surface area contributed by atoms with Crippen molar-refractivity contribution in [2.75, 3.05) is 19.3 Å². The lowest BCUT2D eigenvalue weighted by Crippen LogP contribution is -2.45. The van der Waals surface area contributed by atoms with Crippen LogP contribution in [0, 0.1) is 0 Å². The number of amides is 1. The molecule has 0 radical (unpaired) electrons. The molecule has 146 valence electrons. The minimum Gasteiger partial charge on any atom is -0.335 e. The van der Waals surface area contributed by atoms with Gasteiger partial charge >= 0.3 is 0 Å². The summed E-state index contributed by atoms with van der Waals surface area (Å²) in [4.78, 5) is 14.6. The molecule has 0 heterocycles. The average Bonchev–Trinajstić information content (AvgIpc) is 2.63. The maximum atomic E-state index is 12.9. The Morgan fingerprint density at radius 2 is 1.44 bits per heavy atom. The molecule has 0 aromatic heterocycles. The summed E-state index contributed by atoms with van der Waals surface area (Å²) in [7, 11) is -3.48. The third-order valence-electron chi connectivity index (χ3n) is 4.41. The number of hydrogen-bond acceptors (Lipinski definition) is 3. The first-order valence-corrected chi connectivity index (χ1v) is 10.9. The highest BCUT2D eigenvalue weighted by atomic mass is 32.2. The second-order valence-corrected chi connectivity index (χ2v) is 8.92. The molecule has 0 atom stereocenters. The third-order valence-corrected chi connectivity index (χ3v) is 5.66. The van der Waals surface area contributed by atoms with Gasteiger partial charge in [0.2, 0.25) is 15.9 Å². The molecule has 0 fully saturated rings. The van der Waals surface area contributed by atoms with Gasteiger partial charge in [0, 0.05) is 19.1 Å². The molecule has 2 rings (SSSR count). The van der Waals surface area contributed by atoms with Gasteiger partial charge in [0.05, 0.1) is 12.8 Å². The molecule has 0 N–H and O–H groups in total. The summed E-state index contributed by atoms with van der Waals surface area (Å²) in [6.07, 6.45) is 1.73. The summed E-state index contributed by atoms with van der Waals surface area (Å²) in [6, 6.07) is 19.4. The molecule has 0 unspecified atom stereocenters. The molecule has 0 aliphatic heterocycles. The summed E-state index contributed by atoms with van der Waals surface area (Å²) in [5.41, 5.74) is 2.07. The van der Waals surface area contributed by atoms with Crippen molar-refractivity contribution in [2.24, 2.45) is 0 Å². The van der Waals surface area contributed by atoms with Gasteiger partial charge in [-0.05, 0) is 31.4 Å². The minimum atomic E-state index is -3.48. The Bertz CT molecular complexity index is 821. The van der Waals surface area contributed by atoms with Gasteiger partial charge < -0.3 is 4.90 Å². The smallest absolute Gasteiger partial charge is 0.238 e. The first-order valence-electron chi connectivity index (χ1n) is 9.10. The van der Waals surface area contributed by atoms with E-state index in [2.05, 4.69) is 0 Å². The zero-order valence-corrected chi connectivity index (χ0v) is 17.0. The Labute approximate surface area is 162 Å². The first-order chi connectivity index (χ1) is 12.8. The zero-order valence-electron chi connectivity index (χ0n) is 16.2. The van der Waals surface area contributed by atoms with E-state index in [-0.39, 0.29) is 25.0 Å². The lowest BCUT2D eigenvalue weighted by molar-refractivity contribution is -0.133. The third kappa shape index (κ3) is 6.81. The van der Waals surface area contributed by atoms with E-state index in [9.17, 15) is 13.2 Å². The van der Waals surface area contributed by atoms with Crippen LogP contribution < -0.4 is 0 Å². The Morgan fingerprint density at radius 3 is 1.93 bits per heavy atom. The molecule has 1 amide bonds. The molecule has 0 aliphatic rings. The average molecular weight is 389 g/mol. The van der Waals surface area contributed by atoms with Crippen molar-refractivity contribution in [3.05, 3.63) is 71.8 Å². The quantitative estimate of drug-likeness (QED) is 0.664. The van der Waals surface area contributed by atoms with Crippen LogP contribution in [0.15, 0.2) is 60.7 Å². The van der Waals surface area contributed by atoms with Crippen LogP contribution in [-0.2, 0) is 27.8 Å². The Morgan fingerprint density at radius 1 is 0.926 bits per heavy atom. The predicted molar refractivity (Wildman–Crippen MR) is 109 cm³/mol. The molecule has 0 bridgehead atoms. The minimum absolute atomic E-state index is 0.0201. The molecule has 0 aliphatic carbocycles. The number of sulfonamides is 1. The molecule has 0 spiro atoms. The van der Waals surface area contributed by atoms with Gasteiger partial charge in [0.25, 0.3) is 0 Å². The van der Waals surface area contributed by atoms with Gasteiger partial charge in [-0.2, -0.15) is 4.31 Å². The van der Waals surface area contributed by atoms with Crippen LogP contribution in [0.25, 0.3) is 0 Å². The summed E-state index contributed by atoms with van der Waals surface area (Å²) in [6.45, 7) is 4.49. The molecule has 6 heteroatoms. The van der Waals surface area contributed by atoms with Crippen molar-refractivity contribution in [1.29, 1.82) is 0 Å². The second-order valence-electron chi connectivity index (χ2n) is 6.93. The highest BCUT2D eigenvalue weighted by Crippen LogP contribution is 2.11. The van der Waals surface area contributed by atoms with Crippen LogP contribution in [0.3, 0.4) is 0 Å². The maximum absolute atomic E-state index is 12.9. The van der Waals surface area contributed by atoms with E-state index in [1.165, 1.54) is 4.31 Å². The molecule has 27 heavy (non-hydrogen) atoms. The van der Waals surface area contributed by atoms with Crippen molar-refractivity contribution < 1.29 is 13.2 Å². The summed E-state index contributed by atoms with van der Waals surface area (Å²) in [5.74, 6) is -0.188. The molecule has 0 saturated carbocycles. The monoisotopic (exact) mass is 388 g/mol. The predicted octanol–water partition coefficient (Wildman–Crippen LogP) is 2.93. The van der Waals surface area contributed by atoms with Crippen LogP contribution in [0.2, 0.25) is 0 Å². The van der Waals surface area contributed by atoms with Crippen molar-refractivity contribution >= 4 is 15.9 Å². The highest BCUT2D eigenvalue weighted by molar-refractivity contribution is 7.88. The van der Waals surface area contributed by atoms with Crippen molar-refractivity contribution in [3.8, 4) is 0 Å². The number of carbonyl (C=O) groups is 1. The molecular formula is C21H28N2O3S. The second kappa shape index (κ2) is 9.67. The molecule has 2 aromatic carbocycles. The molecule has 0 saturated heterocycles. The van der Waals surface area contributed by atoms with Gasteiger partial charge in [-0.25, -0.2) is 8.42 Å². The van der Waals surface area contributed by atoms with Gasteiger partial charge in [-0.1, -0.05) is 60.7 Å². The lowest BCUT2D eigenvalue weighted by atomic mass is 10.1. The van der Waals surface area contributed by atoms with E-state index in [0.29, 0.717) is 13.0 Å². The Kier molecular flexibility index (Phi) is 7.56. The van der Waals surface area contributed by atoms with E-state index >= 15 is 0 Å². The van der Waals surface area contributed by atoms with Crippen LogP contribution in [0.4, 0.5) is 0 Å². The Balaban J connectivity index is 2.08. The van der Waals surface area contributed by atoms with E-state index in [1.54, 1.807) is 4.90 Å². The highest BCUT2D eigenvalue weighted by Gasteiger charge is 2.25. The van der Waals surface area contributed by atoms with E-state index in [1.807, 2.05) is 74.5 Å². The lowest BCUT2D eigenvalue weighted by Gasteiger charge is -2.29. The van der Waals surface area contributed by atoms with Gasteiger partial charge in [-0.3, -0.25) is 4.79 Å². The van der Waals surface area contributed by atoms with E-state index in [4.69, 9.17) is 0 Å². The number of benzene rings is 2. The summed E-state index contributed by atoms with van der Waals surface area (Å²) in [5, 5.41) is 0. The van der Waals surface area contributed by atoms with Crippen LogP contribution in [0.5, 0.6) is 0 Å². The summed E-state index contributed by atoms with van der Waals surface area (Å²) < 4.78 is 25.7. The molecular weight excluding hydrogens is 360 g/mol. The van der Waals surface area contributed by atoms with Gasteiger partial charge in [0.15, 0.2) is 0 Å². The van der Waals surface area contributed by atoms with E-state index in [0.717, 1.165) is 17.4 Å². The van der Waals surface area contributed by atoms with Crippen molar-refractivity contribution in [3.63, 3.8) is 0 Å². The number of rotatable bonds is 9. The normalized spacial score (nSPS) is 11.7. The fourth-order valence-electron chi connectivity index (χ4n) is 2.84. The number of hydrogen-bond donors (Lipinski definition) is 0. The fourth-order valence-corrected chi connectivity index (χ4v) is 3.61. The van der Waals surface area contributed by atoms with Crippen LogP contribution >= 0.6 is 0 Å². The standard InChI is InChI=1S/C21H28N2O3S/c1-18(2)23(16-20-12-8-5-9-13-20)21(24)17-22(27(3,25)26)15-14-19-10-6-4-7-11-19/h4-13,18H,14-17H2,1-3H3. The largest absolute Gasteiger partial charge is 0.335 e. The number of carbonyl (C=O) groups excluding carboxylic acids is 1. The van der Waals surface area contributed by atoms with Crippen molar-refractivity contribution in [2.45, 2.75) is 32.9 Å². The first kappa shape index (κ1) is 21.1. The maximum Gasteiger partial charge on any atom is 0.238 e. The van der Waals surface area contributed by atoms with Crippen LogP contribution in [-0.4, -0.2) is 48.9 Å². The topological polar surface area (TPSA) is 57.7 Å². The van der Waals surface area contributed by atoms with Crippen LogP contribution in [0.1, 0.15) is 25.0 Å². The zero-order chi connectivity index (χ0) is 19.9. The molecule has 5 nitrogen and oxygen atoms in total. The number of nitrogens with zero attached hydrogens (tertiary/aromatic N) is 2. The SMILES string of the molecule is CC(C)N(Cc1ccccc1)C(=O)CN(CCc1ccccc1)S(C)(=O)=O. The fraction of sp³-hybridized carbons (Fsp3) is 0.381. The van der Waals surface area contributed by atoms with Gasteiger partial charge in [-0.15, -0.1) is 0 Å². The molecule has 2 aromatic rings. The van der Waals surface area contributed by atoms with Gasteiger partial charge in [0.1, 0.15) is 0 Å². The van der Waals surface area contributed by atoms with E-state index < -0.39 is 10.0 Å². The van der Waals surface area contributed by atoms with Crippen molar-refractivity contribution in [1.82, 2.24) is 9.21 Å². The Hall–Kier alpha value is -2.18.